The maximum absolute atomic E-state index is 13.1. The van der Waals surface area contributed by atoms with Crippen molar-refractivity contribution >= 4 is 5.78 Å². The molecule has 0 radical (unpaired) electrons. The number of ketones is 1. The first-order valence-electron chi connectivity index (χ1n) is 8.87. The van der Waals surface area contributed by atoms with Crippen LogP contribution in [0.5, 0.6) is 0 Å². The summed E-state index contributed by atoms with van der Waals surface area (Å²) in [4.78, 5) is 15.0. The lowest BCUT2D eigenvalue weighted by Crippen LogP contribution is -2.43. The maximum atomic E-state index is 13.1. The van der Waals surface area contributed by atoms with E-state index in [1.54, 1.807) is 7.11 Å². The summed E-state index contributed by atoms with van der Waals surface area (Å²) in [7, 11) is 1.63. The van der Waals surface area contributed by atoms with Crippen LogP contribution in [0.25, 0.3) is 0 Å². The minimum absolute atomic E-state index is 0.104. The molecule has 0 saturated carbocycles. The molecule has 1 heterocycles. The average Bonchev–Trinajstić information content (AvgIpc) is 2.60. The van der Waals surface area contributed by atoms with Gasteiger partial charge in [0.15, 0.2) is 5.78 Å². The van der Waals surface area contributed by atoms with Gasteiger partial charge in [-0.3, -0.25) is 4.79 Å². The van der Waals surface area contributed by atoms with Gasteiger partial charge >= 0.3 is 0 Å². The van der Waals surface area contributed by atoms with Crippen LogP contribution in [0.2, 0.25) is 0 Å². The summed E-state index contributed by atoms with van der Waals surface area (Å²) in [6.45, 7) is 5.19. The zero-order valence-corrected chi connectivity index (χ0v) is 15.6. The molecule has 2 aliphatic rings. The van der Waals surface area contributed by atoms with Gasteiger partial charge in [0.05, 0.1) is 24.2 Å². The molecule has 1 aliphatic heterocycles. The summed E-state index contributed by atoms with van der Waals surface area (Å²) >= 11 is 0. The fourth-order valence-corrected chi connectivity index (χ4v) is 3.99. The van der Waals surface area contributed by atoms with Gasteiger partial charge in [-0.25, -0.2) is 0 Å². The van der Waals surface area contributed by atoms with Crippen LogP contribution in [0.1, 0.15) is 38.2 Å². The number of benzene rings is 1. The Bertz CT molecular complexity index is 815. The fourth-order valence-electron chi connectivity index (χ4n) is 3.99. The summed E-state index contributed by atoms with van der Waals surface area (Å²) in [6, 6.07) is 12.0. The third kappa shape index (κ3) is 3.13. The van der Waals surface area contributed by atoms with E-state index in [4.69, 9.17) is 10.5 Å². The number of nitrogens with two attached hydrogens (primary N) is 1. The molecule has 0 spiro atoms. The minimum Gasteiger partial charge on any atom is -0.384 e. The number of rotatable bonds is 4. The predicted octanol–water partition coefficient (Wildman–Crippen LogP) is 3.07. The molecule has 26 heavy (non-hydrogen) atoms. The Morgan fingerprint density at radius 3 is 2.62 bits per heavy atom. The predicted molar refractivity (Wildman–Crippen MR) is 99.6 cm³/mol. The standard InChI is InChI=1S/C21H25N3O2/c1-21(2)11-16-19(17(25)12-21)18(14-7-5-4-6-8-14)15(13-22)20(23)24(16)9-10-26-3/h4-8,18H,9-12,23H2,1-3H3/t18-/m1/s1. The number of hydrogen-bond acceptors (Lipinski definition) is 5. The summed E-state index contributed by atoms with van der Waals surface area (Å²) in [5.41, 5.74) is 9.32. The van der Waals surface area contributed by atoms with E-state index in [1.165, 1.54) is 0 Å². The highest BCUT2D eigenvalue weighted by atomic mass is 16.5. The molecule has 3 rings (SSSR count). The van der Waals surface area contributed by atoms with Crippen molar-refractivity contribution in [2.24, 2.45) is 11.1 Å². The number of ether oxygens (including phenoxy) is 1. The van der Waals surface area contributed by atoms with E-state index in [-0.39, 0.29) is 11.2 Å². The van der Waals surface area contributed by atoms with E-state index in [9.17, 15) is 10.1 Å². The smallest absolute Gasteiger partial charge is 0.162 e. The maximum Gasteiger partial charge on any atom is 0.162 e. The number of carbonyl (C=O) groups excluding carboxylic acids is 1. The third-order valence-electron chi connectivity index (χ3n) is 5.14. The molecular weight excluding hydrogens is 326 g/mol. The number of nitrogens with zero attached hydrogens (tertiary/aromatic N) is 2. The molecule has 5 nitrogen and oxygen atoms in total. The van der Waals surface area contributed by atoms with Gasteiger partial charge in [-0.05, 0) is 17.4 Å². The molecule has 136 valence electrons. The van der Waals surface area contributed by atoms with Crippen molar-refractivity contribution in [2.75, 3.05) is 20.3 Å². The molecule has 1 aromatic carbocycles. The molecule has 0 fully saturated rings. The highest BCUT2D eigenvalue weighted by molar-refractivity contribution is 6.00. The van der Waals surface area contributed by atoms with E-state index in [2.05, 4.69) is 19.9 Å². The number of carbonyl (C=O) groups is 1. The van der Waals surface area contributed by atoms with E-state index < -0.39 is 5.92 Å². The van der Waals surface area contributed by atoms with Gasteiger partial charge in [0.1, 0.15) is 5.82 Å². The largest absolute Gasteiger partial charge is 0.384 e. The second-order valence-electron chi connectivity index (χ2n) is 7.70. The Kier molecular flexibility index (Phi) is 4.88. The summed E-state index contributed by atoms with van der Waals surface area (Å²) in [6.07, 6.45) is 1.23. The number of nitriles is 1. The van der Waals surface area contributed by atoms with Crippen molar-refractivity contribution in [3.8, 4) is 6.07 Å². The minimum atomic E-state index is -0.390. The first kappa shape index (κ1) is 18.2. The van der Waals surface area contributed by atoms with E-state index in [0.717, 1.165) is 23.3 Å². The zero-order chi connectivity index (χ0) is 18.9. The lowest BCUT2D eigenvalue weighted by Gasteiger charge is -2.43. The van der Waals surface area contributed by atoms with Crippen LogP contribution in [0.3, 0.4) is 0 Å². The summed E-state index contributed by atoms with van der Waals surface area (Å²) in [5, 5.41) is 9.84. The lowest BCUT2D eigenvalue weighted by atomic mass is 9.68. The van der Waals surface area contributed by atoms with Gasteiger partial charge in [0.2, 0.25) is 0 Å². The van der Waals surface area contributed by atoms with Crippen molar-refractivity contribution in [2.45, 2.75) is 32.6 Å². The number of Topliss-reactive ketones (excluding diaryl/α,β-unsaturated/α-hetero) is 1. The lowest BCUT2D eigenvalue weighted by molar-refractivity contribution is -0.118. The molecule has 1 aromatic rings. The van der Waals surface area contributed by atoms with Gasteiger partial charge < -0.3 is 15.4 Å². The van der Waals surface area contributed by atoms with Gasteiger partial charge in [0, 0.05) is 31.3 Å². The molecule has 5 heteroatoms. The van der Waals surface area contributed by atoms with Crippen molar-refractivity contribution in [1.82, 2.24) is 4.90 Å². The zero-order valence-electron chi connectivity index (χ0n) is 15.6. The van der Waals surface area contributed by atoms with Crippen LogP contribution in [0.15, 0.2) is 53.0 Å². The van der Waals surface area contributed by atoms with Crippen LogP contribution in [-0.4, -0.2) is 30.9 Å². The normalized spacial score (nSPS) is 22.3. The van der Waals surface area contributed by atoms with Gasteiger partial charge in [-0.1, -0.05) is 44.2 Å². The van der Waals surface area contributed by atoms with Crippen molar-refractivity contribution in [3.05, 3.63) is 58.6 Å². The first-order chi connectivity index (χ1) is 12.4. The molecule has 0 aromatic heterocycles. The molecule has 1 aliphatic carbocycles. The van der Waals surface area contributed by atoms with Crippen LogP contribution in [0.4, 0.5) is 0 Å². The molecular formula is C21H25N3O2. The molecule has 1 atom stereocenters. The Hall–Kier alpha value is -2.58. The van der Waals surface area contributed by atoms with E-state index in [1.807, 2.05) is 35.2 Å². The molecule has 0 saturated heterocycles. The highest BCUT2D eigenvalue weighted by Crippen LogP contribution is 2.48. The molecule has 0 amide bonds. The van der Waals surface area contributed by atoms with Gasteiger partial charge in [-0.15, -0.1) is 0 Å². The Balaban J connectivity index is 2.21. The monoisotopic (exact) mass is 351 g/mol. The summed E-state index contributed by atoms with van der Waals surface area (Å²) in [5.74, 6) is 0.147. The Labute approximate surface area is 154 Å². The van der Waals surface area contributed by atoms with Crippen LogP contribution in [-0.2, 0) is 9.53 Å². The average molecular weight is 351 g/mol. The van der Waals surface area contributed by atoms with Crippen LogP contribution < -0.4 is 5.73 Å². The van der Waals surface area contributed by atoms with E-state index >= 15 is 0 Å². The van der Waals surface area contributed by atoms with Gasteiger partial charge in [-0.2, -0.15) is 5.26 Å². The molecule has 2 N–H and O–H groups in total. The third-order valence-corrected chi connectivity index (χ3v) is 5.14. The molecule has 0 bridgehead atoms. The highest BCUT2D eigenvalue weighted by Gasteiger charge is 2.43. The Morgan fingerprint density at radius 1 is 1.31 bits per heavy atom. The first-order valence-corrected chi connectivity index (χ1v) is 8.87. The fraction of sp³-hybridized carbons (Fsp3) is 0.429. The number of methoxy groups -OCH3 is 1. The SMILES string of the molecule is COCCN1C(N)=C(C#N)[C@@H](c2ccccc2)C2=C1CC(C)(C)CC2=O. The quantitative estimate of drug-likeness (QED) is 0.902. The molecule has 0 unspecified atom stereocenters. The van der Waals surface area contributed by atoms with Crippen molar-refractivity contribution in [3.63, 3.8) is 0 Å². The Morgan fingerprint density at radius 2 is 2.00 bits per heavy atom. The van der Waals surface area contributed by atoms with Crippen molar-refractivity contribution < 1.29 is 9.53 Å². The summed E-state index contributed by atoms with van der Waals surface area (Å²) < 4.78 is 5.22. The second-order valence-corrected chi connectivity index (χ2v) is 7.70. The van der Waals surface area contributed by atoms with E-state index in [0.29, 0.717) is 31.0 Å². The van der Waals surface area contributed by atoms with Crippen LogP contribution in [0, 0.1) is 16.7 Å². The van der Waals surface area contributed by atoms with Crippen molar-refractivity contribution in [1.29, 1.82) is 5.26 Å². The number of allylic oxidation sites excluding steroid dienone is 3. The second kappa shape index (κ2) is 6.97. The topological polar surface area (TPSA) is 79.3 Å². The van der Waals surface area contributed by atoms with Crippen LogP contribution >= 0.6 is 0 Å². The van der Waals surface area contributed by atoms with Gasteiger partial charge in [0.25, 0.3) is 0 Å². The number of hydrogen-bond donors (Lipinski definition) is 1.